The largest absolute Gasteiger partial charge is 0.399 e. The predicted molar refractivity (Wildman–Crippen MR) is 166 cm³/mol. The van der Waals surface area contributed by atoms with Crippen molar-refractivity contribution in [3.8, 4) is 11.1 Å². The number of nitrogen functional groups attached to an aromatic ring is 1. The molecule has 3 N–H and O–H groups in total. The molecule has 0 bridgehead atoms. The molecule has 7 aromatic carbocycles. The molecule has 1 atom stereocenters. The van der Waals surface area contributed by atoms with E-state index in [1.165, 1.54) is 60.1 Å². The molecule has 1 aliphatic rings. The lowest BCUT2D eigenvalue weighted by molar-refractivity contribution is 0.586. The lowest BCUT2D eigenvalue weighted by atomic mass is 9.74. The highest BCUT2D eigenvalue weighted by Gasteiger charge is 2.40. The number of fused-ring (bicyclic) bond motifs is 3. The number of para-hydroxylation sites is 1. The van der Waals surface area contributed by atoms with Crippen molar-refractivity contribution < 1.29 is 0 Å². The summed E-state index contributed by atoms with van der Waals surface area (Å²) in [6.45, 7) is 2.39. The van der Waals surface area contributed by atoms with Crippen molar-refractivity contribution >= 4 is 49.4 Å². The van der Waals surface area contributed by atoms with E-state index in [9.17, 15) is 0 Å². The van der Waals surface area contributed by atoms with Gasteiger partial charge in [0.2, 0.25) is 0 Å². The highest BCUT2D eigenvalue weighted by molar-refractivity contribution is 6.23. The van der Waals surface area contributed by atoms with Crippen LogP contribution in [-0.4, -0.2) is 0 Å². The summed E-state index contributed by atoms with van der Waals surface area (Å²) in [6, 6.07) is 44.0. The third kappa shape index (κ3) is 3.28. The van der Waals surface area contributed by atoms with Gasteiger partial charge in [-0.15, -0.1) is 0 Å². The molecule has 7 aromatic rings. The second kappa shape index (κ2) is 8.09. The van der Waals surface area contributed by atoms with E-state index in [4.69, 9.17) is 5.73 Å². The van der Waals surface area contributed by atoms with Gasteiger partial charge in [-0.1, -0.05) is 91.9 Å². The Labute approximate surface area is 228 Å². The number of hydrogen-bond donors (Lipinski definition) is 2. The first-order chi connectivity index (χ1) is 19.1. The maximum Gasteiger partial charge on any atom is 0.0387 e. The first-order valence-electron chi connectivity index (χ1n) is 13.6. The van der Waals surface area contributed by atoms with Gasteiger partial charge in [0, 0.05) is 22.5 Å². The zero-order valence-corrected chi connectivity index (χ0v) is 21.8. The van der Waals surface area contributed by atoms with Crippen LogP contribution in [0.25, 0.3) is 43.4 Å². The van der Waals surface area contributed by atoms with Gasteiger partial charge >= 0.3 is 0 Å². The number of hydrogen-bond acceptors (Lipinski definition) is 2. The van der Waals surface area contributed by atoms with Gasteiger partial charge in [-0.05, 0) is 103 Å². The molecule has 0 saturated carbocycles. The minimum Gasteiger partial charge on any atom is -0.399 e. The SMILES string of the molecule is CC1(Cc2ccc3ccc4cccc5ccc2c3c45)c2cc(N)ccc2-c2ccc(Nc3ccccc3)cc21. The van der Waals surface area contributed by atoms with E-state index in [1.54, 1.807) is 0 Å². The Balaban J connectivity index is 1.32. The normalized spacial score (nSPS) is 16.1. The van der Waals surface area contributed by atoms with E-state index in [0.717, 1.165) is 23.5 Å². The van der Waals surface area contributed by atoms with Crippen molar-refractivity contribution in [1.29, 1.82) is 0 Å². The van der Waals surface area contributed by atoms with Crippen LogP contribution in [0, 0.1) is 0 Å². The minimum atomic E-state index is -0.225. The third-order valence-corrected chi connectivity index (χ3v) is 8.77. The lowest BCUT2D eigenvalue weighted by Crippen LogP contribution is -2.24. The van der Waals surface area contributed by atoms with Gasteiger partial charge in [0.05, 0.1) is 0 Å². The summed E-state index contributed by atoms with van der Waals surface area (Å²) < 4.78 is 0. The predicted octanol–water partition coefficient (Wildman–Crippen LogP) is 9.44. The average Bonchev–Trinajstić information content (AvgIpc) is 3.20. The van der Waals surface area contributed by atoms with E-state index >= 15 is 0 Å². The molecule has 0 fully saturated rings. The second-order valence-corrected chi connectivity index (χ2v) is 11.1. The zero-order valence-electron chi connectivity index (χ0n) is 21.8. The molecule has 0 saturated heterocycles. The Kier molecular flexibility index (Phi) is 4.60. The lowest BCUT2D eigenvalue weighted by Gasteiger charge is -2.29. The molecular formula is C37H28N2. The monoisotopic (exact) mass is 500 g/mol. The van der Waals surface area contributed by atoms with Crippen molar-refractivity contribution in [1.82, 2.24) is 0 Å². The number of nitrogens with two attached hydrogens (primary N) is 1. The molecule has 0 spiro atoms. The van der Waals surface area contributed by atoms with Crippen LogP contribution in [0.5, 0.6) is 0 Å². The number of anilines is 3. The maximum atomic E-state index is 6.39. The molecule has 0 aliphatic heterocycles. The molecule has 1 aliphatic carbocycles. The van der Waals surface area contributed by atoms with Crippen LogP contribution in [-0.2, 0) is 11.8 Å². The van der Waals surface area contributed by atoms with Crippen LogP contribution in [0.15, 0.2) is 121 Å². The molecular weight excluding hydrogens is 472 g/mol. The summed E-state index contributed by atoms with van der Waals surface area (Å²) in [5, 5.41) is 11.6. The van der Waals surface area contributed by atoms with Gasteiger partial charge in [-0.2, -0.15) is 0 Å². The molecule has 0 aromatic heterocycles. The average molecular weight is 501 g/mol. The van der Waals surface area contributed by atoms with Crippen molar-refractivity contribution in [3.63, 3.8) is 0 Å². The van der Waals surface area contributed by atoms with Gasteiger partial charge in [-0.3, -0.25) is 0 Å². The fraction of sp³-hybridized carbons (Fsp3) is 0.0811. The quantitative estimate of drug-likeness (QED) is 0.187. The summed E-state index contributed by atoms with van der Waals surface area (Å²) in [5.74, 6) is 0. The van der Waals surface area contributed by atoms with Crippen molar-refractivity contribution in [2.24, 2.45) is 0 Å². The summed E-state index contributed by atoms with van der Waals surface area (Å²) >= 11 is 0. The van der Waals surface area contributed by atoms with E-state index in [2.05, 4.69) is 121 Å². The Bertz CT molecular complexity index is 2020. The van der Waals surface area contributed by atoms with Crippen molar-refractivity contribution in [3.05, 3.63) is 138 Å². The van der Waals surface area contributed by atoms with E-state index < -0.39 is 0 Å². The molecule has 0 amide bonds. The van der Waals surface area contributed by atoms with Crippen molar-refractivity contribution in [2.75, 3.05) is 11.1 Å². The Hall–Kier alpha value is -4.82. The Morgan fingerprint density at radius 2 is 1.26 bits per heavy atom. The van der Waals surface area contributed by atoms with E-state index in [0.29, 0.717) is 0 Å². The van der Waals surface area contributed by atoms with Gasteiger partial charge in [0.25, 0.3) is 0 Å². The van der Waals surface area contributed by atoms with Crippen LogP contribution in [0.3, 0.4) is 0 Å². The first kappa shape index (κ1) is 22.2. The summed E-state index contributed by atoms with van der Waals surface area (Å²) in [5.41, 5.74) is 15.8. The molecule has 8 rings (SSSR count). The van der Waals surface area contributed by atoms with E-state index in [-0.39, 0.29) is 5.41 Å². The maximum absolute atomic E-state index is 6.39. The highest BCUT2D eigenvalue weighted by Crippen LogP contribution is 2.52. The van der Waals surface area contributed by atoms with Crippen molar-refractivity contribution in [2.45, 2.75) is 18.8 Å². The minimum absolute atomic E-state index is 0.225. The fourth-order valence-corrected chi connectivity index (χ4v) is 6.92. The molecule has 2 heteroatoms. The van der Waals surface area contributed by atoms with Gasteiger partial charge in [0.1, 0.15) is 0 Å². The Morgan fingerprint density at radius 1 is 0.590 bits per heavy atom. The van der Waals surface area contributed by atoms with Crippen LogP contribution in [0.2, 0.25) is 0 Å². The third-order valence-electron chi connectivity index (χ3n) is 8.77. The molecule has 2 nitrogen and oxygen atoms in total. The zero-order chi connectivity index (χ0) is 26.1. The summed E-state index contributed by atoms with van der Waals surface area (Å²) in [4.78, 5) is 0. The Morgan fingerprint density at radius 3 is 2.05 bits per heavy atom. The number of benzene rings is 7. The molecule has 186 valence electrons. The fourth-order valence-electron chi connectivity index (χ4n) is 6.92. The topological polar surface area (TPSA) is 38.0 Å². The molecule has 39 heavy (non-hydrogen) atoms. The molecule has 0 radical (unpaired) electrons. The van der Waals surface area contributed by atoms with Crippen LogP contribution >= 0.6 is 0 Å². The molecule has 1 unspecified atom stereocenters. The summed E-state index contributed by atoms with van der Waals surface area (Å²) in [7, 11) is 0. The van der Waals surface area contributed by atoms with Gasteiger partial charge < -0.3 is 11.1 Å². The molecule has 0 heterocycles. The standard InChI is InChI=1S/C37H28N2/c1-37(22-26-13-12-25-11-10-23-6-5-7-24-14-17-30(26)36(25)35(23)24)33-20-27(38)15-18-31(33)32-19-16-29(21-34(32)37)39-28-8-3-2-4-9-28/h2-21,39H,22,38H2,1H3. The van der Waals surface area contributed by atoms with Crippen LogP contribution in [0.4, 0.5) is 17.1 Å². The first-order valence-corrected chi connectivity index (χ1v) is 13.6. The summed E-state index contributed by atoms with van der Waals surface area (Å²) in [6.07, 6.45) is 0.888. The number of nitrogens with one attached hydrogen (secondary N) is 1. The smallest absolute Gasteiger partial charge is 0.0387 e. The van der Waals surface area contributed by atoms with E-state index in [1.807, 2.05) is 12.1 Å². The highest BCUT2D eigenvalue weighted by atomic mass is 14.9. The van der Waals surface area contributed by atoms with Gasteiger partial charge in [-0.25, -0.2) is 0 Å². The second-order valence-electron chi connectivity index (χ2n) is 11.1. The number of rotatable bonds is 4. The van der Waals surface area contributed by atoms with Gasteiger partial charge in [0.15, 0.2) is 0 Å². The van der Waals surface area contributed by atoms with Crippen LogP contribution in [0.1, 0.15) is 23.6 Å². The van der Waals surface area contributed by atoms with Crippen LogP contribution < -0.4 is 11.1 Å².